The SMILES string of the molecule is CCCCCN(Cc1ccc(-c2ccccc2S(=O)(=O)Nc2onc(C)c2C)c(C)c1)C(C(=O)NC)C(C)C. The van der Waals surface area contributed by atoms with Gasteiger partial charge in [-0.2, -0.15) is 0 Å². The smallest absolute Gasteiger partial charge is 0.264 e. The van der Waals surface area contributed by atoms with Gasteiger partial charge in [-0.05, 0) is 62.4 Å². The van der Waals surface area contributed by atoms with E-state index in [-0.39, 0.29) is 28.6 Å². The van der Waals surface area contributed by atoms with Gasteiger partial charge in [0.25, 0.3) is 10.0 Å². The number of likely N-dealkylation sites (N-methyl/N-ethyl adjacent to an activating group) is 1. The maximum atomic E-state index is 13.4. The molecule has 1 heterocycles. The molecular weight excluding hydrogens is 512 g/mol. The van der Waals surface area contributed by atoms with Crippen molar-refractivity contribution in [1.29, 1.82) is 0 Å². The van der Waals surface area contributed by atoms with Crippen molar-refractivity contribution in [3.8, 4) is 11.1 Å². The molecule has 39 heavy (non-hydrogen) atoms. The summed E-state index contributed by atoms with van der Waals surface area (Å²) in [5.74, 6) is 0.306. The summed E-state index contributed by atoms with van der Waals surface area (Å²) < 4.78 is 34.5. The molecule has 0 aliphatic carbocycles. The van der Waals surface area contributed by atoms with Crippen LogP contribution in [0.3, 0.4) is 0 Å². The summed E-state index contributed by atoms with van der Waals surface area (Å²) in [4.78, 5) is 15.2. The number of benzene rings is 2. The first kappa shape index (κ1) is 30.4. The Bertz CT molecular complexity index is 1380. The number of amides is 1. The fraction of sp³-hybridized carbons (Fsp3) is 0.467. The highest BCUT2D eigenvalue weighted by Crippen LogP contribution is 2.32. The van der Waals surface area contributed by atoms with Crippen molar-refractivity contribution in [3.05, 3.63) is 64.8 Å². The van der Waals surface area contributed by atoms with E-state index < -0.39 is 10.0 Å². The number of nitrogens with one attached hydrogen (secondary N) is 2. The van der Waals surface area contributed by atoms with Crippen molar-refractivity contribution in [2.45, 2.75) is 78.3 Å². The molecule has 1 unspecified atom stereocenters. The van der Waals surface area contributed by atoms with Gasteiger partial charge in [0, 0.05) is 24.7 Å². The number of hydrogen-bond donors (Lipinski definition) is 2. The first-order chi connectivity index (χ1) is 18.5. The predicted molar refractivity (Wildman–Crippen MR) is 156 cm³/mol. The van der Waals surface area contributed by atoms with E-state index >= 15 is 0 Å². The molecule has 0 spiro atoms. The van der Waals surface area contributed by atoms with E-state index in [0.717, 1.165) is 42.5 Å². The Labute approximate surface area is 233 Å². The topological polar surface area (TPSA) is 105 Å². The zero-order chi connectivity index (χ0) is 28.7. The molecule has 1 aromatic heterocycles. The minimum atomic E-state index is -3.93. The van der Waals surface area contributed by atoms with E-state index in [4.69, 9.17) is 4.52 Å². The summed E-state index contributed by atoms with van der Waals surface area (Å²) in [5.41, 5.74) is 4.75. The Morgan fingerprint density at radius 3 is 2.36 bits per heavy atom. The summed E-state index contributed by atoms with van der Waals surface area (Å²) in [7, 11) is -2.24. The fourth-order valence-corrected chi connectivity index (χ4v) is 6.16. The van der Waals surface area contributed by atoms with Gasteiger partial charge in [-0.3, -0.25) is 9.69 Å². The van der Waals surface area contributed by atoms with Crippen LogP contribution >= 0.6 is 0 Å². The molecule has 0 aliphatic rings. The van der Waals surface area contributed by atoms with E-state index in [0.29, 0.717) is 23.4 Å². The van der Waals surface area contributed by atoms with Crippen LogP contribution in [0.25, 0.3) is 11.1 Å². The molecule has 2 aromatic carbocycles. The highest BCUT2D eigenvalue weighted by Gasteiger charge is 2.28. The molecule has 3 rings (SSSR count). The molecule has 3 aromatic rings. The Hall–Kier alpha value is -3.17. The van der Waals surface area contributed by atoms with Crippen LogP contribution in [-0.2, 0) is 21.4 Å². The van der Waals surface area contributed by atoms with Crippen molar-refractivity contribution in [2.75, 3.05) is 18.3 Å². The molecule has 212 valence electrons. The van der Waals surface area contributed by atoms with E-state index in [2.05, 4.69) is 46.9 Å². The Kier molecular flexibility index (Phi) is 10.3. The summed E-state index contributed by atoms with van der Waals surface area (Å²) >= 11 is 0. The average molecular weight is 555 g/mol. The highest BCUT2D eigenvalue weighted by molar-refractivity contribution is 7.92. The average Bonchev–Trinajstić information content (AvgIpc) is 3.20. The number of aromatic nitrogens is 1. The first-order valence-electron chi connectivity index (χ1n) is 13.6. The summed E-state index contributed by atoms with van der Waals surface area (Å²) in [6, 6.07) is 12.8. The molecule has 0 aliphatic heterocycles. The minimum absolute atomic E-state index is 0.0265. The van der Waals surface area contributed by atoms with E-state index in [1.54, 1.807) is 33.0 Å². The Morgan fingerprint density at radius 1 is 1.05 bits per heavy atom. The summed E-state index contributed by atoms with van der Waals surface area (Å²) in [5, 5.41) is 6.69. The van der Waals surface area contributed by atoms with Gasteiger partial charge in [0.05, 0.1) is 16.6 Å². The molecule has 0 saturated carbocycles. The van der Waals surface area contributed by atoms with E-state index in [1.807, 2.05) is 31.2 Å². The number of aryl methyl sites for hydroxylation is 2. The summed E-state index contributed by atoms with van der Waals surface area (Å²) in [6.07, 6.45) is 3.25. The maximum Gasteiger partial charge on any atom is 0.264 e. The Balaban J connectivity index is 1.94. The molecular formula is C30H42N4O4S. The molecule has 8 nitrogen and oxygen atoms in total. The van der Waals surface area contributed by atoms with Gasteiger partial charge in [0.2, 0.25) is 11.8 Å². The molecule has 1 atom stereocenters. The second kappa shape index (κ2) is 13.3. The van der Waals surface area contributed by atoms with Crippen LogP contribution in [0.4, 0.5) is 5.88 Å². The third kappa shape index (κ3) is 7.28. The molecule has 0 saturated heterocycles. The number of rotatable bonds is 13. The molecule has 0 bridgehead atoms. The molecule has 0 radical (unpaired) electrons. The third-order valence-electron chi connectivity index (χ3n) is 7.12. The second-order valence-electron chi connectivity index (χ2n) is 10.5. The van der Waals surface area contributed by atoms with Gasteiger partial charge in [-0.1, -0.05) is 75.2 Å². The number of unbranched alkanes of at least 4 members (excludes halogenated alkanes) is 2. The normalized spacial score (nSPS) is 12.6. The van der Waals surface area contributed by atoms with Gasteiger partial charge in [0.1, 0.15) is 0 Å². The molecule has 2 N–H and O–H groups in total. The van der Waals surface area contributed by atoms with Crippen molar-refractivity contribution >= 4 is 21.8 Å². The number of hydrogen-bond acceptors (Lipinski definition) is 6. The molecule has 0 fully saturated rings. The van der Waals surface area contributed by atoms with Gasteiger partial charge in [-0.25, -0.2) is 13.1 Å². The molecule has 1 amide bonds. The number of carbonyl (C=O) groups excluding carboxylic acids is 1. The standard InChI is InChI=1S/C30H42N4O4S/c1-8-9-12-17-34(28(20(2)3)29(35)31-7)19-24-15-16-25(21(4)18-24)26-13-10-11-14-27(26)39(36,37)33-30-22(5)23(6)32-38-30/h10-11,13-16,18,20,28,33H,8-9,12,17,19H2,1-7H3,(H,31,35). The van der Waals surface area contributed by atoms with Gasteiger partial charge < -0.3 is 9.84 Å². The maximum absolute atomic E-state index is 13.4. The minimum Gasteiger partial charge on any atom is -0.358 e. The second-order valence-corrected chi connectivity index (χ2v) is 12.1. The number of nitrogens with zero attached hydrogens (tertiary/aromatic N) is 2. The van der Waals surface area contributed by atoms with Crippen LogP contribution in [-0.4, -0.2) is 44.0 Å². The van der Waals surface area contributed by atoms with E-state index in [9.17, 15) is 13.2 Å². The Morgan fingerprint density at radius 2 is 1.77 bits per heavy atom. The summed E-state index contributed by atoms with van der Waals surface area (Å²) in [6.45, 7) is 13.3. The quantitative estimate of drug-likeness (QED) is 0.258. The zero-order valence-electron chi connectivity index (χ0n) is 24.2. The van der Waals surface area contributed by atoms with E-state index in [1.165, 1.54) is 0 Å². The number of sulfonamides is 1. The largest absolute Gasteiger partial charge is 0.358 e. The van der Waals surface area contributed by atoms with Crippen LogP contribution in [0.2, 0.25) is 0 Å². The van der Waals surface area contributed by atoms with Crippen LogP contribution in [0.1, 0.15) is 62.4 Å². The van der Waals surface area contributed by atoms with Crippen LogP contribution in [0.5, 0.6) is 0 Å². The predicted octanol–water partition coefficient (Wildman–Crippen LogP) is 5.83. The van der Waals surface area contributed by atoms with Crippen LogP contribution < -0.4 is 10.0 Å². The fourth-order valence-electron chi connectivity index (χ4n) is 4.89. The number of anilines is 1. The lowest BCUT2D eigenvalue weighted by Crippen LogP contribution is -2.49. The van der Waals surface area contributed by atoms with Gasteiger partial charge in [-0.15, -0.1) is 0 Å². The van der Waals surface area contributed by atoms with Crippen LogP contribution in [0, 0.1) is 26.7 Å². The van der Waals surface area contributed by atoms with Gasteiger partial charge >= 0.3 is 0 Å². The lowest BCUT2D eigenvalue weighted by molar-refractivity contribution is -0.127. The monoisotopic (exact) mass is 554 g/mol. The zero-order valence-corrected chi connectivity index (χ0v) is 25.0. The number of carbonyl (C=O) groups is 1. The van der Waals surface area contributed by atoms with Crippen molar-refractivity contribution in [1.82, 2.24) is 15.4 Å². The van der Waals surface area contributed by atoms with Crippen molar-refractivity contribution in [3.63, 3.8) is 0 Å². The third-order valence-corrected chi connectivity index (χ3v) is 8.51. The van der Waals surface area contributed by atoms with Crippen molar-refractivity contribution < 1.29 is 17.7 Å². The van der Waals surface area contributed by atoms with Gasteiger partial charge in [0.15, 0.2) is 0 Å². The lowest BCUT2D eigenvalue weighted by atomic mass is 9.96. The van der Waals surface area contributed by atoms with Crippen LogP contribution in [0.15, 0.2) is 51.9 Å². The first-order valence-corrected chi connectivity index (χ1v) is 15.1. The lowest BCUT2D eigenvalue weighted by Gasteiger charge is -2.33. The highest BCUT2D eigenvalue weighted by atomic mass is 32.2. The van der Waals surface area contributed by atoms with Crippen molar-refractivity contribution in [2.24, 2.45) is 5.92 Å². The molecule has 9 heteroatoms.